The minimum atomic E-state index is -0.332. The Bertz CT molecular complexity index is 523. The Morgan fingerprint density at radius 3 is 2.74 bits per heavy atom. The quantitative estimate of drug-likeness (QED) is 0.686. The number of carbonyl (C=O) groups excluding carboxylic acids is 2. The minimum absolute atomic E-state index is 0.0494. The topological polar surface area (TPSA) is 86.9 Å². The number of aryl methyl sites for hydroxylation is 1. The van der Waals surface area contributed by atoms with E-state index in [9.17, 15) is 9.59 Å². The van der Waals surface area contributed by atoms with Gasteiger partial charge in [-0.25, -0.2) is 0 Å². The third kappa shape index (κ3) is 2.34. The van der Waals surface area contributed by atoms with Crippen LogP contribution in [0, 0.1) is 11.8 Å². The predicted octanol–water partition coefficient (Wildman–Crippen LogP) is 0.705. The lowest BCUT2D eigenvalue weighted by atomic mass is 9.96. The van der Waals surface area contributed by atoms with Gasteiger partial charge in [0.15, 0.2) is 5.69 Å². The van der Waals surface area contributed by atoms with E-state index in [0.29, 0.717) is 11.6 Å². The first kappa shape index (κ1) is 12.2. The number of hydrogen-bond donors (Lipinski definition) is 3. The summed E-state index contributed by atoms with van der Waals surface area (Å²) >= 11 is 0. The van der Waals surface area contributed by atoms with E-state index in [-0.39, 0.29) is 17.7 Å². The van der Waals surface area contributed by atoms with Gasteiger partial charge in [-0.3, -0.25) is 25.5 Å². The van der Waals surface area contributed by atoms with Crippen molar-refractivity contribution in [1.29, 1.82) is 0 Å². The number of fused-ring (bicyclic) bond motifs is 1. The van der Waals surface area contributed by atoms with Gasteiger partial charge in [-0.05, 0) is 38.0 Å². The molecule has 1 aromatic heterocycles. The molecule has 0 bridgehead atoms. The summed E-state index contributed by atoms with van der Waals surface area (Å²) in [5.41, 5.74) is 7.40. The van der Waals surface area contributed by atoms with Crippen molar-refractivity contribution in [2.24, 2.45) is 11.8 Å². The molecule has 102 valence electrons. The first-order valence-electron chi connectivity index (χ1n) is 6.83. The van der Waals surface area contributed by atoms with Gasteiger partial charge in [0.25, 0.3) is 5.91 Å². The molecule has 0 aliphatic heterocycles. The Morgan fingerprint density at radius 1 is 1.26 bits per heavy atom. The van der Waals surface area contributed by atoms with Crippen molar-refractivity contribution in [2.75, 3.05) is 0 Å². The zero-order valence-corrected chi connectivity index (χ0v) is 11.0. The molecule has 3 rings (SSSR count). The number of hydrogen-bond acceptors (Lipinski definition) is 3. The Balaban J connectivity index is 1.61. The summed E-state index contributed by atoms with van der Waals surface area (Å²) in [5, 5.41) is 6.98. The Hall–Kier alpha value is -1.85. The normalized spacial score (nSPS) is 24.5. The first-order chi connectivity index (χ1) is 9.16. The second-order valence-electron chi connectivity index (χ2n) is 5.50. The molecule has 1 saturated carbocycles. The summed E-state index contributed by atoms with van der Waals surface area (Å²) < 4.78 is 0. The van der Waals surface area contributed by atoms with Crippen molar-refractivity contribution in [3.8, 4) is 0 Å². The third-order valence-electron chi connectivity index (χ3n) is 4.02. The molecule has 0 saturated heterocycles. The molecule has 2 unspecified atom stereocenters. The molecule has 2 aliphatic carbocycles. The van der Waals surface area contributed by atoms with Crippen molar-refractivity contribution in [2.45, 2.75) is 39.0 Å². The molecule has 1 heterocycles. The standard InChI is InChI=1S/C13H18N4O2/c1-7-6-9(7)12(18)16-17-13(19)11-8-4-2-3-5-10(8)14-15-11/h7,9H,2-6H2,1H3,(H,14,15)(H,16,18)(H,17,19). The smallest absolute Gasteiger partial charge is 0.281 e. The molecule has 3 N–H and O–H groups in total. The Kier molecular flexibility index (Phi) is 3.00. The number of hydrazine groups is 1. The summed E-state index contributed by atoms with van der Waals surface area (Å²) in [6.07, 6.45) is 4.94. The van der Waals surface area contributed by atoms with Crippen molar-refractivity contribution in [3.63, 3.8) is 0 Å². The fraction of sp³-hybridized carbons (Fsp3) is 0.615. The van der Waals surface area contributed by atoms with Crippen molar-refractivity contribution in [1.82, 2.24) is 21.0 Å². The average Bonchev–Trinajstić information content (AvgIpc) is 3.00. The summed E-state index contributed by atoms with van der Waals surface area (Å²) in [4.78, 5) is 23.6. The first-order valence-corrected chi connectivity index (χ1v) is 6.83. The number of amides is 2. The monoisotopic (exact) mass is 262 g/mol. The lowest BCUT2D eigenvalue weighted by Gasteiger charge is -2.11. The summed E-state index contributed by atoms with van der Waals surface area (Å²) in [6, 6.07) is 0. The molecule has 6 heteroatoms. The van der Waals surface area contributed by atoms with Crippen LogP contribution < -0.4 is 10.9 Å². The van der Waals surface area contributed by atoms with Crippen molar-refractivity contribution >= 4 is 11.8 Å². The fourth-order valence-corrected chi connectivity index (χ4v) is 2.63. The zero-order chi connectivity index (χ0) is 13.4. The highest BCUT2D eigenvalue weighted by atomic mass is 16.2. The maximum atomic E-state index is 12.0. The largest absolute Gasteiger partial charge is 0.290 e. The second-order valence-corrected chi connectivity index (χ2v) is 5.50. The van der Waals surface area contributed by atoms with Gasteiger partial charge in [-0.15, -0.1) is 0 Å². The highest BCUT2D eigenvalue weighted by molar-refractivity contribution is 5.95. The lowest BCUT2D eigenvalue weighted by molar-refractivity contribution is -0.123. The maximum absolute atomic E-state index is 12.0. The molecule has 2 atom stereocenters. The van der Waals surface area contributed by atoms with Crippen LogP contribution in [0.2, 0.25) is 0 Å². The molecular weight excluding hydrogens is 244 g/mol. The van der Waals surface area contributed by atoms with Crippen LogP contribution in [0.25, 0.3) is 0 Å². The summed E-state index contributed by atoms with van der Waals surface area (Å²) in [5.74, 6) is 0.0368. The second kappa shape index (κ2) is 4.68. The van der Waals surface area contributed by atoms with Crippen LogP contribution in [-0.4, -0.2) is 22.0 Å². The number of rotatable bonds is 2. The van der Waals surface area contributed by atoms with E-state index in [0.717, 1.165) is 43.4 Å². The molecular formula is C13H18N4O2. The Morgan fingerprint density at radius 2 is 2.00 bits per heavy atom. The molecule has 6 nitrogen and oxygen atoms in total. The highest BCUT2D eigenvalue weighted by Gasteiger charge is 2.39. The van der Waals surface area contributed by atoms with Gasteiger partial charge < -0.3 is 0 Å². The molecule has 0 aromatic carbocycles. The molecule has 1 fully saturated rings. The van der Waals surface area contributed by atoms with E-state index < -0.39 is 0 Å². The zero-order valence-electron chi connectivity index (χ0n) is 11.0. The number of aromatic nitrogens is 2. The molecule has 0 spiro atoms. The average molecular weight is 262 g/mol. The maximum Gasteiger partial charge on any atom is 0.290 e. The predicted molar refractivity (Wildman–Crippen MR) is 68.1 cm³/mol. The lowest BCUT2D eigenvalue weighted by Crippen LogP contribution is -2.43. The molecule has 0 radical (unpaired) electrons. The van der Waals surface area contributed by atoms with Crippen LogP contribution in [0.3, 0.4) is 0 Å². The van der Waals surface area contributed by atoms with Gasteiger partial charge in [0.2, 0.25) is 5.91 Å². The third-order valence-corrected chi connectivity index (χ3v) is 4.02. The number of nitrogens with zero attached hydrogens (tertiary/aromatic N) is 1. The highest BCUT2D eigenvalue weighted by Crippen LogP contribution is 2.37. The van der Waals surface area contributed by atoms with Gasteiger partial charge >= 0.3 is 0 Å². The molecule has 2 amide bonds. The molecule has 1 aromatic rings. The van der Waals surface area contributed by atoms with E-state index in [4.69, 9.17) is 0 Å². The van der Waals surface area contributed by atoms with E-state index in [1.807, 2.05) is 6.92 Å². The molecule has 19 heavy (non-hydrogen) atoms. The van der Waals surface area contributed by atoms with E-state index >= 15 is 0 Å². The number of nitrogens with one attached hydrogen (secondary N) is 3. The van der Waals surface area contributed by atoms with Gasteiger partial charge in [0, 0.05) is 17.2 Å². The van der Waals surface area contributed by atoms with Crippen LogP contribution in [-0.2, 0) is 17.6 Å². The van der Waals surface area contributed by atoms with Gasteiger partial charge in [0.1, 0.15) is 0 Å². The molecule has 2 aliphatic rings. The minimum Gasteiger partial charge on any atom is -0.281 e. The van der Waals surface area contributed by atoms with Crippen LogP contribution in [0.15, 0.2) is 0 Å². The van der Waals surface area contributed by atoms with E-state index in [2.05, 4.69) is 21.0 Å². The van der Waals surface area contributed by atoms with E-state index in [1.165, 1.54) is 0 Å². The van der Waals surface area contributed by atoms with Crippen molar-refractivity contribution in [3.05, 3.63) is 17.0 Å². The SMILES string of the molecule is CC1CC1C(=O)NNC(=O)c1n[nH]c2c1CCCC2. The van der Waals surface area contributed by atoms with Crippen LogP contribution in [0.4, 0.5) is 0 Å². The number of carbonyl (C=O) groups is 2. The van der Waals surface area contributed by atoms with Gasteiger partial charge in [-0.2, -0.15) is 5.10 Å². The fourth-order valence-electron chi connectivity index (χ4n) is 2.63. The number of aromatic amines is 1. The van der Waals surface area contributed by atoms with Crippen molar-refractivity contribution < 1.29 is 9.59 Å². The van der Waals surface area contributed by atoms with Gasteiger partial charge in [0.05, 0.1) is 0 Å². The van der Waals surface area contributed by atoms with Crippen LogP contribution in [0.1, 0.15) is 47.9 Å². The summed E-state index contributed by atoms with van der Waals surface area (Å²) in [7, 11) is 0. The van der Waals surface area contributed by atoms with E-state index in [1.54, 1.807) is 0 Å². The number of H-pyrrole nitrogens is 1. The summed E-state index contributed by atoms with van der Waals surface area (Å²) in [6.45, 7) is 2.02. The van der Waals surface area contributed by atoms with Crippen LogP contribution >= 0.6 is 0 Å². The van der Waals surface area contributed by atoms with Crippen LogP contribution in [0.5, 0.6) is 0 Å². The van der Waals surface area contributed by atoms with Gasteiger partial charge in [-0.1, -0.05) is 6.92 Å². The Labute approximate surface area is 111 Å².